The van der Waals surface area contributed by atoms with Crippen molar-refractivity contribution in [3.8, 4) is 5.75 Å². The Morgan fingerprint density at radius 1 is 1.36 bits per heavy atom. The predicted molar refractivity (Wildman–Crippen MR) is 59.1 cm³/mol. The number of hydrogen-bond donors (Lipinski definition) is 1. The molecule has 78 valence electrons. The summed E-state index contributed by atoms with van der Waals surface area (Å²) in [5, 5.41) is 19.8. The van der Waals surface area contributed by atoms with Crippen molar-refractivity contribution in [2.45, 2.75) is 17.1 Å². The van der Waals surface area contributed by atoms with Gasteiger partial charge in [0.2, 0.25) is 0 Å². The first kappa shape index (κ1) is 11.1. The van der Waals surface area contributed by atoms with Gasteiger partial charge in [0.05, 0.1) is 0 Å². The summed E-state index contributed by atoms with van der Waals surface area (Å²) in [6, 6.07) is 4.68. The van der Waals surface area contributed by atoms with Gasteiger partial charge in [-0.2, -0.15) is 0 Å². The van der Waals surface area contributed by atoms with Crippen molar-refractivity contribution >= 4 is 23.6 Å². The van der Waals surface area contributed by atoms with Crippen LogP contribution >= 0.6 is 0 Å². The molecule has 0 aliphatic rings. The van der Waals surface area contributed by atoms with Gasteiger partial charge in [0, 0.05) is 0 Å². The molecular formula is C9H14AsNO3. The zero-order valence-corrected chi connectivity index (χ0v) is 10.5. The normalized spacial score (nSPS) is 12.5. The van der Waals surface area contributed by atoms with Crippen molar-refractivity contribution in [3.05, 3.63) is 28.3 Å². The summed E-state index contributed by atoms with van der Waals surface area (Å²) >= 11 is -2.04. The van der Waals surface area contributed by atoms with Crippen molar-refractivity contribution in [2.24, 2.45) is 0 Å². The van der Waals surface area contributed by atoms with Crippen LogP contribution in [0.3, 0.4) is 0 Å². The minimum atomic E-state index is -2.04. The summed E-state index contributed by atoms with van der Waals surface area (Å²) < 4.78 is 1.02. The van der Waals surface area contributed by atoms with Crippen molar-refractivity contribution < 1.29 is 10.0 Å². The number of nitro groups is 1. The standard InChI is InChI=1S/C9H14AsNO3/c1-10(2,3)7-4-5-9(12)8(6-7)11(13)14/h4-6,10,12H,1-3H3. The molecule has 5 heteroatoms. The van der Waals surface area contributed by atoms with Gasteiger partial charge >= 0.3 is 84.8 Å². The van der Waals surface area contributed by atoms with Crippen LogP contribution in [0.25, 0.3) is 0 Å². The maximum absolute atomic E-state index is 10.6. The first-order valence-electron chi connectivity index (χ1n) is 4.30. The molecule has 0 bridgehead atoms. The molecule has 0 unspecified atom stereocenters. The second-order valence-electron chi connectivity index (χ2n) is 4.21. The molecular weight excluding hydrogens is 245 g/mol. The number of nitrogens with zero attached hydrogens (tertiary/aromatic N) is 1. The molecule has 4 nitrogen and oxygen atoms in total. The molecule has 1 rings (SSSR count). The van der Waals surface area contributed by atoms with E-state index in [1.165, 1.54) is 12.1 Å². The SMILES string of the molecule is C[AsH](C)(C)c1ccc(O)c([N+](=O)[O-])c1. The second kappa shape index (κ2) is 3.62. The fourth-order valence-corrected chi connectivity index (χ4v) is 3.56. The Morgan fingerprint density at radius 2 is 1.93 bits per heavy atom. The van der Waals surface area contributed by atoms with E-state index in [9.17, 15) is 15.2 Å². The summed E-state index contributed by atoms with van der Waals surface area (Å²) in [7, 11) is 0. The van der Waals surface area contributed by atoms with Crippen LogP contribution in [-0.4, -0.2) is 23.6 Å². The van der Waals surface area contributed by atoms with Crippen LogP contribution in [0.15, 0.2) is 18.2 Å². The zero-order chi connectivity index (χ0) is 10.9. The van der Waals surface area contributed by atoms with Crippen LogP contribution in [0, 0.1) is 10.1 Å². The Bertz CT molecular complexity index is 371. The Balaban J connectivity index is 3.27. The fourth-order valence-electron chi connectivity index (χ4n) is 1.14. The number of benzene rings is 1. The van der Waals surface area contributed by atoms with Gasteiger partial charge in [0.1, 0.15) is 0 Å². The molecule has 1 aromatic rings. The molecule has 0 amide bonds. The van der Waals surface area contributed by atoms with Crippen LogP contribution in [0.4, 0.5) is 5.69 Å². The summed E-state index contributed by atoms with van der Waals surface area (Å²) in [6.45, 7) is 0. The van der Waals surface area contributed by atoms with Gasteiger partial charge in [-0.1, -0.05) is 0 Å². The summed E-state index contributed by atoms with van der Waals surface area (Å²) in [5.41, 5.74) is 6.26. The molecule has 0 fully saturated rings. The van der Waals surface area contributed by atoms with Crippen molar-refractivity contribution in [2.75, 3.05) is 0 Å². The zero-order valence-electron chi connectivity index (χ0n) is 8.44. The molecule has 0 aliphatic heterocycles. The van der Waals surface area contributed by atoms with Crippen LogP contribution in [0.1, 0.15) is 0 Å². The number of phenolic OH excluding ortho intramolecular Hbond substituents is 1. The van der Waals surface area contributed by atoms with E-state index < -0.39 is 18.5 Å². The maximum atomic E-state index is 10.6. The summed E-state index contributed by atoms with van der Waals surface area (Å²) in [5.74, 6) is -0.259. The number of nitro benzene ring substituents is 1. The van der Waals surface area contributed by atoms with Crippen LogP contribution < -0.4 is 4.35 Å². The number of aromatic hydroxyl groups is 1. The average Bonchev–Trinajstić information content (AvgIpc) is 2.02. The van der Waals surface area contributed by atoms with Crippen LogP contribution in [0.2, 0.25) is 17.1 Å². The number of hydrogen-bond acceptors (Lipinski definition) is 3. The first-order chi connectivity index (χ1) is 6.32. The molecule has 0 aromatic heterocycles. The first-order valence-corrected chi connectivity index (χ1v) is 11.6. The van der Waals surface area contributed by atoms with E-state index in [0.717, 1.165) is 4.35 Å². The quantitative estimate of drug-likeness (QED) is 0.498. The Kier molecular flexibility index (Phi) is 2.86. The van der Waals surface area contributed by atoms with Crippen LogP contribution in [-0.2, 0) is 0 Å². The molecule has 0 heterocycles. The fraction of sp³-hybridized carbons (Fsp3) is 0.333. The molecule has 0 saturated heterocycles. The summed E-state index contributed by atoms with van der Waals surface area (Å²) in [6.07, 6.45) is 0. The molecule has 14 heavy (non-hydrogen) atoms. The van der Waals surface area contributed by atoms with Crippen molar-refractivity contribution in [3.63, 3.8) is 0 Å². The van der Waals surface area contributed by atoms with Crippen LogP contribution in [0.5, 0.6) is 5.75 Å². The van der Waals surface area contributed by atoms with E-state index >= 15 is 0 Å². The van der Waals surface area contributed by atoms with Gasteiger partial charge in [-0.25, -0.2) is 0 Å². The third-order valence-corrected chi connectivity index (χ3v) is 6.32. The topological polar surface area (TPSA) is 63.4 Å². The van der Waals surface area contributed by atoms with E-state index in [1.54, 1.807) is 6.07 Å². The third kappa shape index (κ3) is 2.26. The minimum absolute atomic E-state index is 0.192. The molecule has 0 aliphatic carbocycles. The van der Waals surface area contributed by atoms with Gasteiger partial charge in [0.15, 0.2) is 0 Å². The predicted octanol–water partition coefficient (Wildman–Crippen LogP) is 1.58. The average molecular weight is 259 g/mol. The molecule has 1 aromatic carbocycles. The molecule has 0 atom stereocenters. The van der Waals surface area contributed by atoms with E-state index in [0.29, 0.717) is 0 Å². The molecule has 0 saturated carbocycles. The third-order valence-electron chi connectivity index (χ3n) is 2.04. The van der Waals surface area contributed by atoms with E-state index in [-0.39, 0.29) is 11.4 Å². The van der Waals surface area contributed by atoms with Crippen molar-refractivity contribution in [1.82, 2.24) is 0 Å². The van der Waals surface area contributed by atoms with Gasteiger partial charge in [-0.15, -0.1) is 0 Å². The van der Waals surface area contributed by atoms with E-state index in [2.05, 4.69) is 17.1 Å². The van der Waals surface area contributed by atoms with E-state index in [1.807, 2.05) is 0 Å². The summed E-state index contributed by atoms with van der Waals surface area (Å²) in [4.78, 5) is 10.0. The number of rotatable bonds is 2. The van der Waals surface area contributed by atoms with Gasteiger partial charge in [0.25, 0.3) is 0 Å². The monoisotopic (exact) mass is 259 g/mol. The molecule has 0 radical (unpaired) electrons. The number of phenols is 1. The molecule has 1 N–H and O–H groups in total. The molecule has 0 spiro atoms. The van der Waals surface area contributed by atoms with Crippen molar-refractivity contribution in [1.29, 1.82) is 0 Å². The Morgan fingerprint density at radius 3 is 2.36 bits per heavy atom. The Hall–Kier alpha value is -1.02. The second-order valence-corrected chi connectivity index (χ2v) is 14.9. The Labute approximate surface area is 85.2 Å². The van der Waals surface area contributed by atoms with E-state index in [4.69, 9.17) is 0 Å². The van der Waals surface area contributed by atoms with Gasteiger partial charge in [-0.05, 0) is 0 Å². The van der Waals surface area contributed by atoms with Gasteiger partial charge < -0.3 is 0 Å². The van der Waals surface area contributed by atoms with Gasteiger partial charge in [-0.3, -0.25) is 0 Å².